The minimum atomic E-state index is -1.17. The van der Waals surface area contributed by atoms with E-state index in [1.807, 2.05) is 0 Å². The number of hydrogen-bond donors (Lipinski definition) is 2. The molecule has 23 heavy (non-hydrogen) atoms. The van der Waals surface area contributed by atoms with Crippen LogP contribution >= 0.6 is 23.2 Å². The third kappa shape index (κ3) is 4.85. The van der Waals surface area contributed by atoms with Crippen LogP contribution in [-0.2, 0) is 9.59 Å². The molecule has 1 aliphatic carbocycles. The number of amides is 2. The number of anilines is 1. The molecule has 1 aliphatic rings. The lowest BCUT2D eigenvalue weighted by molar-refractivity contribution is -0.139. The molecule has 0 heterocycles. The van der Waals surface area contributed by atoms with Crippen molar-refractivity contribution >= 4 is 40.7 Å². The van der Waals surface area contributed by atoms with Gasteiger partial charge in [-0.15, -0.1) is 0 Å². The van der Waals surface area contributed by atoms with E-state index in [0.717, 1.165) is 25.7 Å². The fourth-order valence-electron chi connectivity index (χ4n) is 2.63. The van der Waals surface area contributed by atoms with Crippen LogP contribution in [-0.4, -0.2) is 17.9 Å². The first-order valence-electron chi connectivity index (χ1n) is 7.87. The smallest absolute Gasteiger partial charge is 0.239 e. The predicted octanol–water partition coefficient (Wildman–Crippen LogP) is 4.41. The second kappa shape index (κ2) is 7.54. The molecule has 1 aromatic rings. The first-order chi connectivity index (χ1) is 10.8. The zero-order chi connectivity index (χ0) is 17.0. The van der Waals surface area contributed by atoms with Gasteiger partial charge < -0.3 is 10.6 Å². The standard InChI is InChI=1S/C17H22Cl2N2O2/c1-17(2,15(22)20-13-6-4-3-5-7-13)16(23)21-14-9-11(18)8-12(19)10-14/h8-10,13H,3-7H2,1-2H3,(H,20,22)(H,21,23). The Morgan fingerprint density at radius 2 is 1.57 bits per heavy atom. The van der Waals surface area contributed by atoms with Crippen molar-refractivity contribution in [1.82, 2.24) is 5.32 Å². The lowest BCUT2D eigenvalue weighted by Crippen LogP contribution is -2.49. The predicted molar refractivity (Wildman–Crippen MR) is 93.9 cm³/mol. The van der Waals surface area contributed by atoms with Crippen molar-refractivity contribution < 1.29 is 9.59 Å². The Labute approximate surface area is 146 Å². The summed E-state index contributed by atoms with van der Waals surface area (Å²) in [5, 5.41) is 6.57. The fourth-order valence-corrected chi connectivity index (χ4v) is 3.16. The summed E-state index contributed by atoms with van der Waals surface area (Å²) < 4.78 is 0. The molecule has 0 aliphatic heterocycles. The quantitative estimate of drug-likeness (QED) is 0.785. The van der Waals surface area contributed by atoms with Gasteiger partial charge >= 0.3 is 0 Å². The molecule has 1 saturated carbocycles. The van der Waals surface area contributed by atoms with Gasteiger partial charge in [0.25, 0.3) is 0 Å². The van der Waals surface area contributed by atoms with E-state index in [9.17, 15) is 9.59 Å². The summed E-state index contributed by atoms with van der Waals surface area (Å²) in [5.41, 5.74) is -0.697. The SMILES string of the molecule is CC(C)(C(=O)Nc1cc(Cl)cc(Cl)c1)C(=O)NC1CCCCC1. The topological polar surface area (TPSA) is 58.2 Å². The number of nitrogens with one attached hydrogen (secondary N) is 2. The molecule has 4 nitrogen and oxygen atoms in total. The highest BCUT2D eigenvalue weighted by molar-refractivity contribution is 6.35. The van der Waals surface area contributed by atoms with Crippen molar-refractivity contribution in [2.45, 2.75) is 52.0 Å². The van der Waals surface area contributed by atoms with E-state index in [1.54, 1.807) is 32.0 Å². The Kier molecular flexibility index (Phi) is 5.93. The van der Waals surface area contributed by atoms with Crippen molar-refractivity contribution in [2.75, 3.05) is 5.32 Å². The largest absolute Gasteiger partial charge is 0.352 e. The molecule has 0 saturated heterocycles. The molecule has 126 valence electrons. The molecule has 0 atom stereocenters. The van der Waals surface area contributed by atoms with Gasteiger partial charge in [0.1, 0.15) is 5.41 Å². The Bertz CT molecular complexity index is 576. The van der Waals surface area contributed by atoms with Crippen molar-refractivity contribution in [3.8, 4) is 0 Å². The highest BCUT2D eigenvalue weighted by Crippen LogP contribution is 2.26. The maximum absolute atomic E-state index is 12.5. The number of hydrogen-bond acceptors (Lipinski definition) is 2. The van der Waals surface area contributed by atoms with E-state index in [0.29, 0.717) is 15.7 Å². The van der Waals surface area contributed by atoms with Crippen LogP contribution in [0.2, 0.25) is 10.0 Å². The number of carbonyl (C=O) groups excluding carboxylic acids is 2. The van der Waals surface area contributed by atoms with Gasteiger partial charge in [-0.3, -0.25) is 9.59 Å². The molecule has 0 radical (unpaired) electrons. The maximum Gasteiger partial charge on any atom is 0.239 e. The second-order valence-electron chi connectivity index (χ2n) is 6.55. The van der Waals surface area contributed by atoms with Crippen LogP contribution in [0, 0.1) is 5.41 Å². The van der Waals surface area contributed by atoms with Gasteiger partial charge in [-0.25, -0.2) is 0 Å². The van der Waals surface area contributed by atoms with Crippen molar-refractivity contribution in [3.63, 3.8) is 0 Å². The van der Waals surface area contributed by atoms with Gasteiger partial charge in [-0.05, 0) is 44.9 Å². The van der Waals surface area contributed by atoms with Gasteiger partial charge in [0.2, 0.25) is 11.8 Å². The number of benzene rings is 1. The minimum absolute atomic E-state index is 0.170. The van der Waals surface area contributed by atoms with E-state index in [1.165, 1.54) is 6.42 Å². The van der Waals surface area contributed by atoms with Crippen molar-refractivity contribution in [1.29, 1.82) is 0 Å². The van der Waals surface area contributed by atoms with Crippen LogP contribution in [0.4, 0.5) is 5.69 Å². The monoisotopic (exact) mass is 356 g/mol. The molecule has 6 heteroatoms. The Morgan fingerprint density at radius 3 is 2.13 bits per heavy atom. The first-order valence-corrected chi connectivity index (χ1v) is 8.63. The average Bonchev–Trinajstić information content (AvgIpc) is 2.47. The molecule has 0 unspecified atom stereocenters. The van der Waals surface area contributed by atoms with Crippen molar-refractivity contribution in [2.24, 2.45) is 5.41 Å². The minimum Gasteiger partial charge on any atom is -0.352 e. The lowest BCUT2D eigenvalue weighted by atomic mass is 9.88. The highest BCUT2D eigenvalue weighted by atomic mass is 35.5. The molecule has 1 aromatic carbocycles. The molecule has 0 spiro atoms. The normalized spacial score (nSPS) is 16.0. The zero-order valence-corrected chi connectivity index (χ0v) is 14.9. The Morgan fingerprint density at radius 1 is 1.00 bits per heavy atom. The van der Waals surface area contributed by atoms with E-state index in [2.05, 4.69) is 10.6 Å². The summed E-state index contributed by atoms with van der Waals surface area (Å²) in [7, 11) is 0. The zero-order valence-electron chi connectivity index (χ0n) is 13.4. The van der Waals surface area contributed by atoms with Crippen molar-refractivity contribution in [3.05, 3.63) is 28.2 Å². The summed E-state index contributed by atoms with van der Waals surface area (Å²) in [6, 6.07) is 4.95. The summed E-state index contributed by atoms with van der Waals surface area (Å²) in [5.74, 6) is -0.640. The molecule has 1 fully saturated rings. The molecular formula is C17H22Cl2N2O2. The summed E-state index contributed by atoms with van der Waals surface area (Å²) in [6.45, 7) is 3.24. The number of rotatable bonds is 4. The summed E-state index contributed by atoms with van der Waals surface area (Å²) in [6.07, 6.45) is 5.42. The summed E-state index contributed by atoms with van der Waals surface area (Å²) in [4.78, 5) is 25.0. The Hall–Kier alpha value is -1.26. The first kappa shape index (κ1) is 18.1. The fraction of sp³-hybridized carbons (Fsp3) is 0.529. The summed E-state index contributed by atoms with van der Waals surface area (Å²) >= 11 is 11.8. The molecule has 2 rings (SSSR count). The average molecular weight is 357 g/mol. The number of halogens is 2. The lowest BCUT2D eigenvalue weighted by Gasteiger charge is -2.28. The molecule has 2 amide bonds. The van der Waals surface area contributed by atoms with Crippen LogP contribution in [0.15, 0.2) is 18.2 Å². The van der Waals surface area contributed by atoms with Crippen LogP contribution in [0.25, 0.3) is 0 Å². The molecule has 2 N–H and O–H groups in total. The third-order valence-corrected chi connectivity index (χ3v) is 4.63. The van der Waals surface area contributed by atoms with Gasteiger partial charge in [0.05, 0.1) is 0 Å². The van der Waals surface area contributed by atoms with Gasteiger partial charge in [-0.1, -0.05) is 42.5 Å². The molecular weight excluding hydrogens is 335 g/mol. The molecule has 0 aromatic heterocycles. The van der Waals surface area contributed by atoms with Crippen LogP contribution < -0.4 is 10.6 Å². The van der Waals surface area contributed by atoms with Gasteiger partial charge in [-0.2, -0.15) is 0 Å². The van der Waals surface area contributed by atoms with Gasteiger partial charge in [0, 0.05) is 21.8 Å². The van der Waals surface area contributed by atoms with Gasteiger partial charge in [0.15, 0.2) is 0 Å². The van der Waals surface area contributed by atoms with Crippen LogP contribution in [0.3, 0.4) is 0 Å². The van der Waals surface area contributed by atoms with E-state index in [-0.39, 0.29) is 17.9 Å². The highest BCUT2D eigenvalue weighted by Gasteiger charge is 2.37. The Balaban J connectivity index is 2.01. The number of carbonyl (C=O) groups is 2. The van der Waals surface area contributed by atoms with E-state index < -0.39 is 5.41 Å². The van der Waals surface area contributed by atoms with E-state index >= 15 is 0 Å². The van der Waals surface area contributed by atoms with Crippen LogP contribution in [0.1, 0.15) is 46.0 Å². The second-order valence-corrected chi connectivity index (χ2v) is 7.42. The third-order valence-electron chi connectivity index (χ3n) is 4.20. The maximum atomic E-state index is 12.5. The molecule has 0 bridgehead atoms. The van der Waals surface area contributed by atoms with E-state index in [4.69, 9.17) is 23.2 Å². The van der Waals surface area contributed by atoms with Crippen LogP contribution in [0.5, 0.6) is 0 Å².